The number of aromatic hydroxyl groups is 2. The van der Waals surface area contributed by atoms with E-state index in [9.17, 15) is 19.8 Å². The summed E-state index contributed by atoms with van der Waals surface area (Å²) in [5.74, 6) is -0.815. The summed E-state index contributed by atoms with van der Waals surface area (Å²) in [6, 6.07) is 12.1. The van der Waals surface area contributed by atoms with Gasteiger partial charge in [-0.3, -0.25) is 14.5 Å². The zero-order valence-electron chi connectivity index (χ0n) is 17.8. The summed E-state index contributed by atoms with van der Waals surface area (Å²) in [5.41, 5.74) is 2.52. The van der Waals surface area contributed by atoms with Crippen LogP contribution in [-0.4, -0.2) is 71.1 Å². The van der Waals surface area contributed by atoms with Gasteiger partial charge in [0.2, 0.25) is 5.91 Å². The van der Waals surface area contributed by atoms with Gasteiger partial charge in [-0.15, -0.1) is 0 Å². The van der Waals surface area contributed by atoms with E-state index in [4.69, 9.17) is 0 Å². The molecule has 0 radical (unpaired) electrons. The van der Waals surface area contributed by atoms with E-state index in [0.717, 1.165) is 31.6 Å². The van der Waals surface area contributed by atoms with Crippen LogP contribution in [0.4, 0.5) is 0 Å². The second kappa shape index (κ2) is 10.6. The Morgan fingerprint density at radius 1 is 1.00 bits per heavy atom. The Morgan fingerprint density at radius 2 is 1.71 bits per heavy atom. The number of carbonyl (C=O) groups excluding carboxylic acids is 2. The Morgan fingerprint density at radius 3 is 2.39 bits per heavy atom. The van der Waals surface area contributed by atoms with Crippen LogP contribution in [0.3, 0.4) is 0 Å². The lowest BCUT2D eigenvalue weighted by molar-refractivity contribution is -0.127. The number of aryl methyl sites for hydroxylation is 1. The minimum atomic E-state index is -0.311. The van der Waals surface area contributed by atoms with Crippen molar-refractivity contribution in [2.75, 3.05) is 39.3 Å². The van der Waals surface area contributed by atoms with Crippen LogP contribution in [0.5, 0.6) is 11.5 Å². The Bertz CT molecular complexity index is 932. The normalized spacial score (nSPS) is 14.7. The lowest BCUT2D eigenvalue weighted by atomic mass is 10.1. The van der Waals surface area contributed by atoms with Crippen LogP contribution in [0.2, 0.25) is 0 Å². The van der Waals surface area contributed by atoms with Crippen molar-refractivity contribution in [3.63, 3.8) is 0 Å². The molecule has 2 amide bonds. The van der Waals surface area contributed by atoms with Gasteiger partial charge >= 0.3 is 0 Å². The first-order valence-electron chi connectivity index (χ1n) is 10.5. The molecule has 2 aromatic rings. The molecule has 1 aliphatic rings. The highest BCUT2D eigenvalue weighted by Crippen LogP contribution is 2.24. The summed E-state index contributed by atoms with van der Waals surface area (Å²) in [6.45, 7) is 6.38. The molecule has 1 saturated heterocycles. The van der Waals surface area contributed by atoms with Gasteiger partial charge in [0, 0.05) is 44.4 Å². The molecule has 0 aromatic heterocycles. The first-order valence-corrected chi connectivity index (χ1v) is 10.5. The lowest BCUT2D eigenvalue weighted by Crippen LogP contribution is -2.48. The van der Waals surface area contributed by atoms with Crippen LogP contribution in [0.1, 0.15) is 27.9 Å². The SMILES string of the molecule is Cc1ccc(/C=C/C(=O)N2CCN(CCCNC(=O)c3ccc(O)c(O)c3)CC2)cc1. The van der Waals surface area contributed by atoms with Crippen molar-refractivity contribution in [2.24, 2.45) is 0 Å². The van der Waals surface area contributed by atoms with Crippen LogP contribution in [-0.2, 0) is 4.79 Å². The van der Waals surface area contributed by atoms with E-state index in [-0.39, 0.29) is 23.3 Å². The molecule has 2 aromatic carbocycles. The monoisotopic (exact) mass is 423 g/mol. The number of carbonyl (C=O) groups is 2. The van der Waals surface area contributed by atoms with Gasteiger partial charge in [0.25, 0.3) is 5.91 Å². The number of hydrogen-bond acceptors (Lipinski definition) is 5. The smallest absolute Gasteiger partial charge is 0.251 e. The van der Waals surface area contributed by atoms with Crippen molar-refractivity contribution in [1.82, 2.24) is 15.1 Å². The highest BCUT2D eigenvalue weighted by molar-refractivity contribution is 5.94. The fourth-order valence-corrected chi connectivity index (χ4v) is 3.41. The molecule has 7 nitrogen and oxygen atoms in total. The van der Waals surface area contributed by atoms with Crippen molar-refractivity contribution >= 4 is 17.9 Å². The number of phenols is 2. The van der Waals surface area contributed by atoms with E-state index in [1.807, 2.05) is 42.2 Å². The van der Waals surface area contributed by atoms with Crippen LogP contribution >= 0.6 is 0 Å². The molecule has 164 valence electrons. The van der Waals surface area contributed by atoms with Gasteiger partial charge in [0.05, 0.1) is 0 Å². The van der Waals surface area contributed by atoms with Gasteiger partial charge in [-0.05, 0) is 49.7 Å². The molecule has 3 N–H and O–H groups in total. The van der Waals surface area contributed by atoms with E-state index in [0.29, 0.717) is 25.2 Å². The molecule has 0 spiro atoms. The predicted octanol–water partition coefficient (Wildman–Crippen LogP) is 2.38. The minimum absolute atomic E-state index is 0.0321. The summed E-state index contributed by atoms with van der Waals surface area (Å²) >= 11 is 0. The molecule has 1 heterocycles. The number of hydrogen-bond donors (Lipinski definition) is 3. The van der Waals surface area contributed by atoms with Gasteiger partial charge < -0.3 is 20.4 Å². The average Bonchev–Trinajstić information content (AvgIpc) is 2.78. The third kappa shape index (κ3) is 6.58. The minimum Gasteiger partial charge on any atom is -0.504 e. The maximum Gasteiger partial charge on any atom is 0.251 e. The van der Waals surface area contributed by atoms with Crippen molar-refractivity contribution in [3.8, 4) is 11.5 Å². The number of nitrogens with one attached hydrogen (secondary N) is 1. The number of amides is 2. The van der Waals surface area contributed by atoms with Gasteiger partial charge in [0.15, 0.2) is 11.5 Å². The first kappa shape index (κ1) is 22.4. The fourth-order valence-electron chi connectivity index (χ4n) is 3.41. The maximum atomic E-state index is 12.4. The summed E-state index contributed by atoms with van der Waals surface area (Å²) < 4.78 is 0. The zero-order valence-corrected chi connectivity index (χ0v) is 17.8. The molecule has 1 aliphatic heterocycles. The van der Waals surface area contributed by atoms with Gasteiger partial charge in [-0.2, -0.15) is 0 Å². The fraction of sp³-hybridized carbons (Fsp3) is 0.333. The van der Waals surface area contributed by atoms with Crippen LogP contribution in [0.25, 0.3) is 6.08 Å². The predicted molar refractivity (Wildman–Crippen MR) is 120 cm³/mol. The first-order chi connectivity index (χ1) is 14.9. The summed E-state index contributed by atoms with van der Waals surface area (Å²) in [5, 5.41) is 21.6. The van der Waals surface area contributed by atoms with E-state index in [1.165, 1.54) is 23.8 Å². The van der Waals surface area contributed by atoms with E-state index < -0.39 is 0 Å². The molecule has 1 fully saturated rings. The topological polar surface area (TPSA) is 93.1 Å². The molecule has 3 rings (SSSR count). The highest BCUT2D eigenvalue weighted by atomic mass is 16.3. The molecular formula is C24H29N3O4. The summed E-state index contributed by atoms with van der Waals surface area (Å²) in [4.78, 5) is 28.6. The summed E-state index contributed by atoms with van der Waals surface area (Å²) in [7, 11) is 0. The Hall–Kier alpha value is -3.32. The standard InChI is InChI=1S/C24H29N3O4/c1-18-3-5-19(6-4-18)7-10-23(30)27-15-13-26(14-16-27)12-2-11-25-24(31)20-8-9-21(28)22(29)17-20/h3-10,17,28-29H,2,11-16H2,1H3,(H,25,31)/b10-7+. The molecule has 0 aliphatic carbocycles. The largest absolute Gasteiger partial charge is 0.504 e. The molecule has 0 atom stereocenters. The van der Waals surface area contributed by atoms with Gasteiger partial charge in [-0.1, -0.05) is 29.8 Å². The molecule has 31 heavy (non-hydrogen) atoms. The molecule has 7 heteroatoms. The van der Waals surface area contributed by atoms with Crippen LogP contribution in [0.15, 0.2) is 48.5 Å². The average molecular weight is 424 g/mol. The lowest BCUT2D eigenvalue weighted by Gasteiger charge is -2.34. The number of phenolic OH excluding ortho intramolecular Hbond substituents is 2. The van der Waals surface area contributed by atoms with Gasteiger partial charge in [0.1, 0.15) is 0 Å². The van der Waals surface area contributed by atoms with E-state index >= 15 is 0 Å². The number of nitrogens with zero attached hydrogens (tertiary/aromatic N) is 2. The molecule has 0 saturated carbocycles. The molecule has 0 unspecified atom stereocenters. The third-order valence-corrected chi connectivity index (χ3v) is 5.35. The van der Waals surface area contributed by atoms with Crippen LogP contribution in [0, 0.1) is 6.92 Å². The molecular weight excluding hydrogens is 394 g/mol. The van der Waals surface area contributed by atoms with Crippen molar-refractivity contribution in [1.29, 1.82) is 0 Å². The Labute approximate surface area is 182 Å². The summed E-state index contributed by atoms with van der Waals surface area (Å²) in [6.07, 6.45) is 4.28. The van der Waals surface area contributed by atoms with E-state index in [2.05, 4.69) is 10.2 Å². The second-order valence-electron chi connectivity index (χ2n) is 7.72. The quantitative estimate of drug-likeness (QED) is 0.361. The van der Waals surface area contributed by atoms with Crippen molar-refractivity contribution in [2.45, 2.75) is 13.3 Å². The third-order valence-electron chi connectivity index (χ3n) is 5.35. The van der Waals surface area contributed by atoms with Gasteiger partial charge in [-0.25, -0.2) is 0 Å². The molecule has 0 bridgehead atoms. The highest BCUT2D eigenvalue weighted by Gasteiger charge is 2.19. The number of piperazine rings is 1. The Kier molecular flexibility index (Phi) is 7.67. The maximum absolute atomic E-state index is 12.4. The van der Waals surface area contributed by atoms with Crippen LogP contribution < -0.4 is 5.32 Å². The van der Waals surface area contributed by atoms with E-state index in [1.54, 1.807) is 6.08 Å². The van der Waals surface area contributed by atoms with Crippen molar-refractivity contribution < 1.29 is 19.8 Å². The van der Waals surface area contributed by atoms with Crippen molar-refractivity contribution in [3.05, 3.63) is 65.2 Å². The second-order valence-corrected chi connectivity index (χ2v) is 7.72. The number of benzene rings is 2. The zero-order chi connectivity index (χ0) is 22.2. The Balaban J connectivity index is 1.34. The number of rotatable bonds is 7.